The van der Waals surface area contributed by atoms with Gasteiger partial charge in [0.25, 0.3) is 15.9 Å². The van der Waals surface area contributed by atoms with Gasteiger partial charge >= 0.3 is 0 Å². The summed E-state index contributed by atoms with van der Waals surface area (Å²) in [6, 6.07) is 20.8. The van der Waals surface area contributed by atoms with Gasteiger partial charge in [0.15, 0.2) is 6.61 Å². The van der Waals surface area contributed by atoms with Gasteiger partial charge in [0.1, 0.15) is 5.75 Å². The Balaban J connectivity index is 1.64. The van der Waals surface area contributed by atoms with Crippen LogP contribution in [0.5, 0.6) is 5.75 Å². The van der Waals surface area contributed by atoms with Crippen LogP contribution in [0, 0.1) is 13.8 Å². The first-order chi connectivity index (χ1) is 14.3. The van der Waals surface area contributed by atoms with Crippen LogP contribution in [0.1, 0.15) is 11.1 Å². The molecule has 0 saturated heterocycles. The fourth-order valence-corrected chi connectivity index (χ4v) is 3.92. The molecule has 3 aromatic carbocycles. The lowest BCUT2D eigenvalue weighted by molar-refractivity contribution is -0.120. The Labute approximate surface area is 177 Å². The van der Waals surface area contributed by atoms with Crippen molar-refractivity contribution in [1.82, 2.24) is 0 Å². The first-order valence-electron chi connectivity index (χ1n) is 9.41. The molecular formula is C23H24N2O4S. The Morgan fingerprint density at radius 2 is 1.63 bits per heavy atom. The number of hydrogen-bond acceptors (Lipinski definition) is 4. The van der Waals surface area contributed by atoms with Crippen LogP contribution in [0.2, 0.25) is 0 Å². The zero-order valence-electron chi connectivity index (χ0n) is 17.1. The van der Waals surface area contributed by atoms with E-state index < -0.39 is 10.0 Å². The van der Waals surface area contributed by atoms with Crippen molar-refractivity contribution >= 4 is 27.3 Å². The Bertz CT molecular complexity index is 1130. The zero-order valence-corrected chi connectivity index (χ0v) is 17.9. The molecular weight excluding hydrogens is 400 g/mol. The Hall–Kier alpha value is -3.32. The number of amides is 1. The summed E-state index contributed by atoms with van der Waals surface area (Å²) in [4.78, 5) is 13.9. The van der Waals surface area contributed by atoms with Crippen LogP contribution in [-0.4, -0.2) is 28.0 Å². The number of anilines is 2. The van der Waals surface area contributed by atoms with Crippen molar-refractivity contribution < 1.29 is 17.9 Å². The number of likely N-dealkylation sites (N-methyl/N-ethyl adjacent to an activating group) is 1. The van der Waals surface area contributed by atoms with Gasteiger partial charge in [-0.25, -0.2) is 8.42 Å². The topological polar surface area (TPSA) is 75.7 Å². The fraction of sp³-hybridized carbons (Fsp3) is 0.174. The molecule has 0 aliphatic carbocycles. The van der Waals surface area contributed by atoms with Crippen LogP contribution in [-0.2, 0) is 14.8 Å². The van der Waals surface area contributed by atoms with E-state index in [1.54, 1.807) is 13.1 Å². The monoisotopic (exact) mass is 424 g/mol. The Morgan fingerprint density at radius 3 is 2.30 bits per heavy atom. The summed E-state index contributed by atoms with van der Waals surface area (Å²) < 4.78 is 33.5. The van der Waals surface area contributed by atoms with Gasteiger partial charge in [0, 0.05) is 12.7 Å². The van der Waals surface area contributed by atoms with E-state index in [0.717, 1.165) is 16.8 Å². The van der Waals surface area contributed by atoms with Crippen LogP contribution in [0.3, 0.4) is 0 Å². The van der Waals surface area contributed by atoms with Gasteiger partial charge in [0.05, 0.1) is 10.6 Å². The summed E-state index contributed by atoms with van der Waals surface area (Å²) in [7, 11) is -2.05. The minimum atomic E-state index is -3.73. The third-order valence-corrected chi connectivity index (χ3v) is 6.03. The van der Waals surface area contributed by atoms with Crippen LogP contribution in [0.15, 0.2) is 77.7 Å². The van der Waals surface area contributed by atoms with E-state index in [1.807, 2.05) is 56.3 Å². The molecule has 30 heavy (non-hydrogen) atoms. The normalized spacial score (nSPS) is 11.0. The number of carbonyl (C=O) groups excluding carboxylic acids is 1. The molecule has 0 aliphatic heterocycles. The third-order valence-electron chi connectivity index (χ3n) is 4.65. The van der Waals surface area contributed by atoms with Crippen molar-refractivity contribution in [1.29, 1.82) is 0 Å². The van der Waals surface area contributed by atoms with Gasteiger partial charge in [-0.2, -0.15) is 0 Å². The number of hydrogen-bond donors (Lipinski definition) is 1. The Kier molecular flexibility index (Phi) is 6.42. The lowest BCUT2D eigenvalue weighted by Crippen LogP contribution is -2.31. The number of sulfonamides is 1. The second-order valence-electron chi connectivity index (χ2n) is 6.97. The average Bonchev–Trinajstić information content (AvgIpc) is 2.75. The number of nitrogens with one attached hydrogen (secondary N) is 1. The first kappa shape index (κ1) is 21.4. The van der Waals surface area contributed by atoms with Gasteiger partial charge < -0.3 is 9.64 Å². The highest BCUT2D eigenvalue weighted by molar-refractivity contribution is 7.92. The van der Waals surface area contributed by atoms with Crippen LogP contribution in [0.25, 0.3) is 0 Å². The van der Waals surface area contributed by atoms with Crippen molar-refractivity contribution in [2.75, 3.05) is 23.3 Å². The quantitative estimate of drug-likeness (QED) is 0.618. The highest BCUT2D eigenvalue weighted by atomic mass is 32.2. The summed E-state index contributed by atoms with van der Waals surface area (Å²) in [5.74, 6) is 0.199. The number of carbonyl (C=O) groups is 1. The van der Waals surface area contributed by atoms with Crippen LogP contribution >= 0.6 is 0 Å². The van der Waals surface area contributed by atoms with E-state index in [2.05, 4.69) is 4.72 Å². The second kappa shape index (κ2) is 9.00. The summed E-state index contributed by atoms with van der Waals surface area (Å²) in [5, 5.41) is 0. The van der Waals surface area contributed by atoms with Crippen LogP contribution < -0.4 is 14.4 Å². The highest BCUT2D eigenvalue weighted by Gasteiger charge is 2.16. The number of ether oxygens (including phenoxy) is 1. The molecule has 0 aliphatic rings. The average molecular weight is 425 g/mol. The van der Waals surface area contributed by atoms with Gasteiger partial charge in [-0.3, -0.25) is 9.52 Å². The minimum absolute atomic E-state index is 0.114. The summed E-state index contributed by atoms with van der Waals surface area (Å²) in [6.07, 6.45) is 0. The summed E-state index contributed by atoms with van der Waals surface area (Å²) in [5.41, 5.74) is 3.12. The van der Waals surface area contributed by atoms with Gasteiger partial charge in [0.2, 0.25) is 0 Å². The number of rotatable bonds is 7. The van der Waals surface area contributed by atoms with Crippen molar-refractivity contribution in [2.24, 2.45) is 0 Å². The van der Waals surface area contributed by atoms with Crippen molar-refractivity contribution in [3.05, 3.63) is 83.9 Å². The van der Waals surface area contributed by atoms with E-state index in [4.69, 9.17) is 4.74 Å². The van der Waals surface area contributed by atoms with E-state index in [9.17, 15) is 13.2 Å². The minimum Gasteiger partial charge on any atom is -0.484 e. The van der Waals surface area contributed by atoms with Crippen molar-refractivity contribution in [3.63, 3.8) is 0 Å². The molecule has 0 saturated carbocycles. The van der Waals surface area contributed by atoms with E-state index in [1.165, 1.54) is 29.2 Å². The molecule has 156 valence electrons. The van der Waals surface area contributed by atoms with Gasteiger partial charge in [-0.15, -0.1) is 0 Å². The molecule has 0 aromatic heterocycles. The van der Waals surface area contributed by atoms with Crippen molar-refractivity contribution in [3.8, 4) is 5.75 Å². The molecule has 0 bridgehead atoms. The molecule has 0 fully saturated rings. The number of benzene rings is 3. The molecule has 6 nitrogen and oxygen atoms in total. The van der Waals surface area contributed by atoms with E-state index in [0.29, 0.717) is 11.4 Å². The van der Waals surface area contributed by atoms with E-state index >= 15 is 0 Å². The standard InChI is InChI=1S/C23H24N2O4S/c1-17-9-10-18(2)22(15-17)24-30(27,28)21-13-11-20(12-14-21)29-16-23(26)25(3)19-7-5-4-6-8-19/h4-15,24H,16H2,1-3H3. The van der Waals surface area contributed by atoms with E-state index in [-0.39, 0.29) is 17.4 Å². The fourth-order valence-electron chi connectivity index (χ4n) is 2.80. The molecule has 3 aromatic rings. The molecule has 0 unspecified atom stereocenters. The maximum absolute atomic E-state index is 12.7. The highest BCUT2D eigenvalue weighted by Crippen LogP contribution is 2.22. The summed E-state index contributed by atoms with van der Waals surface area (Å²) >= 11 is 0. The molecule has 3 rings (SSSR count). The molecule has 0 spiro atoms. The largest absolute Gasteiger partial charge is 0.484 e. The number of aryl methyl sites for hydroxylation is 2. The lowest BCUT2D eigenvalue weighted by atomic mass is 10.1. The summed E-state index contributed by atoms with van der Waals surface area (Å²) in [6.45, 7) is 3.59. The molecule has 1 N–H and O–H groups in total. The predicted octanol–water partition coefficient (Wildman–Crippen LogP) is 4.15. The molecule has 0 radical (unpaired) electrons. The zero-order chi connectivity index (χ0) is 21.7. The number of para-hydroxylation sites is 1. The Morgan fingerprint density at radius 1 is 0.967 bits per heavy atom. The van der Waals surface area contributed by atoms with Crippen LogP contribution in [0.4, 0.5) is 11.4 Å². The maximum atomic E-state index is 12.7. The molecule has 1 amide bonds. The van der Waals surface area contributed by atoms with Gasteiger partial charge in [-0.1, -0.05) is 30.3 Å². The molecule has 7 heteroatoms. The van der Waals surface area contributed by atoms with Crippen molar-refractivity contribution in [2.45, 2.75) is 18.7 Å². The second-order valence-corrected chi connectivity index (χ2v) is 8.65. The first-order valence-corrected chi connectivity index (χ1v) is 10.9. The lowest BCUT2D eigenvalue weighted by Gasteiger charge is -2.17. The molecule has 0 atom stereocenters. The number of nitrogens with zero attached hydrogens (tertiary/aromatic N) is 1. The third kappa shape index (κ3) is 5.18. The SMILES string of the molecule is Cc1ccc(C)c(NS(=O)(=O)c2ccc(OCC(=O)N(C)c3ccccc3)cc2)c1. The smallest absolute Gasteiger partial charge is 0.264 e. The van der Waals surface area contributed by atoms with Gasteiger partial charge in [-0.05, 0) is 67.4 Å². The maximum Gasteiger partial charge on any atom is 0.264 e. The predicted molar refractivity (Wildman–Crippen MR) is 119 cm³/mol. The molecule has 0 heterocycles.